The van der Waals surface area contributed by atoms with Gasteiger partial charge in [0.2, 0.25) is 0 Å². The highest BCUT2D eigenvalue weighted by atomic mass is 32.1. The number of amides is 1. The number of anilines is 1. The maximum absolute atomic E-state index is 12.5. The summed E-state index contributed by atoms with van der Waals surface area (Å²) >= 11 is 1.56. The van der Waals surface area contributed by atoms with Crippen molar-refractivity contribution < 1.29 is 4.79 Å². The monoisotopic (exact) mass is 337 g/mol. The molecule has 3 aromatic rings. The van der Waals surface area contributed by atoms with Crippen molar-refractivity contribution in [3.8, 4) is 11.3 Å². The van der Waals surface area contributed by atoms with Crippen LogP contribution in [-0.4, -0.2) is 15.9 Å². The van der Waals surface area contributed by atoms with E-state index in [0.717, 1.165) is 34.1 Å². The van der Waals surface area contributed by atoms with Gasteiger partial charge in [-0.2, -0.15) is 0 Å². The lowest BCUT2D eigenvalue weighted by Gasteiger charge is -2.07. The quantitative estimate of drug-likeness (QED) is 0.755. The lowest BCUT2D eigenvalue weighted by atomic mass is 10.1. The Hall–Kier alpha value is -2.53. The van der Waals surface area contributed by atoms with E-state index in [9.17, 15) is 4.79 Å². The van der Waals surface area contributed by atoms with Crippen LogP contribution in [-0.2, 0) is 6.42 Å². The summed E-state index contributed by atoms with van der Waals surface area (Å²) in [6.07, 6.45) is 2.69. The molecule has 0 unspecified atom stereocenters. The van der Waals surface area contributed by atoms with Crippen LogP contribution >= 0.6 is 11.3 Å². The van der Waals surface area contributed by atoms with E-state index >= 15 is 0 Å². The number of hydrogen-bond acceptors (Lipinski definition) is 4. The number of hydrogen-bond donors (Lipinski definition) is 1. The van der Waals surface area contributed by atoms with Crippen molar-refractivity contribution in [3.63, 3.8) is 0 Å². The van der Waals surface area contributed by atoms with Gasteiger partial charge in [-0.3, -0.25) is 4.79 Å². The highest BCUT2D eigenvalue weighted by Crippen LogP contribution is 2.25. The van der Waals surface area contributed by atoms with Crippen LogP contribution in [0.1, 0.15) is 32.9 Å². The van der Waals surface area contributed by atoms with Gasteiger partial charge in [-0.25, -0.2) is 9.97 Å². The molecule has 0 aliphatic rings. The summed E-state index contributed by atoms with van der Waals surface area (Å²) in [5.41, 5.74) is 3.74. The number of nitrogens with zero attached hydrogens (tertiary/aromatic N) is 2. The number of aromatic nitrogens is 2. The average Bonchev–Trinajstić information content (AvgIpc) is 2.96. The van der Waals surface area contributed by atoms with Crippen LogP contribution in [0.4, 0.5) is 5.69 Å². The topological polar surface area (TPSA) is 54.9 Å². The second-order valence-electron chi connectivity index (χ2n) is 5.59. The first-order valence-electron chi connectivity index (χ1n) is 7.87. The molecule has 24 heavy (non-hydrogen) atoms. The maximum Gasteiger partial charge on any atom is 0.265 e. The summed E-state index contributed by atoms with van der Waals surface area (Å²) in [7, 11) is 0. The Kier molecular flexibility index (Phi) is 4.71. The second kappa shape index (κ2) is 6.93. The van der Waals surface area contributed by atoms with Gasteiger partial charge in [0.25, 0.3) is 5.91 Å². The zero-order chi connectivity index (χ0) is 17.1. The Morgan fingerprint density at radius 2 is 2.04 bits per heavy atom. The molecular formula is C19H19N3OS. The third-order valence-corrected chi connectivity index (χ3v) is 5.14. The van der Waals surface area contributed by atoms with Crippen molar-refractivity contribution in [1.29, 1.82) is 0 Å². The van der Waals surface area contributed by atoms with Gasteiger partial charge >= 0.3 is 0 Å². The van der Waals surface area contributed by atoms with Gasteiger partial charge < -0.3 is 5.32 Å². The highest BCUT2D eigenvalue weighted by molar-refractivity contribution is 7.14. The van der Waals surface area contributed by atoms with Crippen LogP contribution in [0.2, 0.25) is 0 Å². The summed E-state index contributed by atoms with van der Waals surface area (Å²) in [5, 5.41) is 2.98. The summed E-state index contributed by atoms with van der Waals surface area (Å²) < 4.78 is 0. The van der Waals surface area contributed by atoms with E-state index in [1.54, 1.807) is 17.5 Å². The maximum atomic E-state index is 12.5. The third kappa shape index (κ3) is 3.51. The molecule has 3 rings (SSSR count). The highest BCUT2D eigenvalue weighted by Gasteiger charge is 2.12. The SMILES string of the molecule is CCc1sc(C(=O)Nc2cccc(-c3ccnc(C)n3)c2)cc1C. The first-order chi connectivity index (χ1) is 11.6. The minimum atomic E-state index is -0.0705. The minimum absolute atomic E-state index is 0.0705. The number of carbonyl (C=O) groups is 1. The number of nitrogens with one attached hydrogen (secondary N) is 1. The largest absolute Gasteiger partial charge is 0.321 e. The molecule has 1 N–H and O–H groups in total. The lowest BCUT2D eigenvalue weighted by Crippen LogP contribution is -2.10. The van der Waals surface area contributed by atoms with Crippen LogP contribution < -0.4 is 5.32 Å². The predicted octanol–water partition coefficient (Wildman–Crippen LogP) is 4.64. The van der Waals surface area contributed by atoms with Gasteiger partial charge in [0.1, 0.15) is 5.82 Å². The first kappa shape index (κ1) is 16.3. The molecule has 0 fully saturated rings. The number of thiophene rings is 1. The van der Waals surface area contributed by atoms with Gasteiger partial charge in [0.05, 0.1) is 10.6 Å². The Balaban J connectivity index is 1.82. The smallest absolute Gasteiger partial charge is 0.265 e. The van der Waals surface area contributed by atoms with E-state index in [1.807, 2.05) is 50.2 Å². The Labute approximate surface area is 145 Å². The van der Waals surface area contributed by atoms with E-state index < -0.39 is 0 Å². The predicted molar refractivity (Wildman–Crippen MR) is 98.6 cm³/mol. The molecule has 4 nitrogen and oxygen atoms in total. The first-order valence-corrected chi connectivity index (χ1v) is 8.69. The molecular weight excluding hydrogens is 318 g/mol. The van der Waals surface area contributed by atoms with Gasteiger partial charge in [-0.1, -0.05) is 19.1 Å². The van der Waals surface area contributed by atoms with Gasteiger partial charge in [0, 0.05) is 22.3 Å². The van der Waals surface area contributed by atoms with Crippen molar-refractivity contribution in [3.05, 3.63) is 63.7 Å². The molecule has 1 aromatic carbocycles. The number of aryl methyl sites for hydroxylation is 3. The van der Waals surface area contributed by atoms with Crippen molar-refractivity contribution in [2.45, 2.75) is 27.2 Å². The average molecular weight is 337 g/mol. The van der Waals surface area contributed by atoms with Crippen LogP contribution in [0.25, 0.3) is 11.3 Å². The molecule has 2 aromatic heterocycles. The fourth-order valence-electron chi connectivity index (χ4n) is 2.55. The Morgan fingerprint density at radius 1 is 1.21 bits per heavy atom. The molecule has 0 spiro atoms. The van der Waals surface area contributed by atoms with E-state index in [2.05, 4.69) is 22.2 Å². The van der Waals surface area contributed by atoms with E-state index in [4.69, 9.17) is 0 Å². The van der Waals surface area contributed by atoms with E-state index in [-0.39, 0.29) is 5.91 Å². The molecule has 0 saturated carbocycles. The molecule has 5 heteroatoms. The fraction of sp³-hybridized carbons (Fsp3) is 0.211. The number of carbonyl (C=O) groups excluding carboxylic acids is 1. The van der Waals surface area contributed by atoms with Crippen molar-refractivity contribution in [2.24, 2.45) is 0 Å². The molecule has 0 bridgehead atoms. The van der Waals surface area contributed by atoms with Crippen LogP contribution in [0.15, 0.2) is 42.6 Å². The molecule has 0 atom stereocenters. The molecule has 0 aliphatic heterocycles. The normalized spacial score (nSPS) is 10.6. The van der Waals surface area contributed by atoms with Crippen molar-refractivity contribution >= 4 is 22.9 Å². The van der Waals surface area contributed by atoms with Crippen molar-refractivity contribution in [1.82, 2.24) is 9.97 Å². The zero-order valence-electron chi connectivity index (χ0n) is 14.0. The van der Waals surface area contributed by atoms with Crippen molar-refractivity contribution in [2.75, 3.05) is 5.32 Å². The second-order valence-corrected chi connectivity index (χ2v) is 6.73. The Bertz CT molecular complexity index is 886. The molecule has 0 radical (unpaired) electrons. The van der Waals surface area contributed by atoms with Gasteiger partial charge in [0.15, 0.2) is 0 Å². The molecule has 2 heterocycles. The molecule has 0 saturated heterocycles. The van der Waals surface area contributed by atoms with Gasteiger partial charge in [-0.05, 0) is 50.1 Å². The lowest BCUT2D eigenvalue weighted by molar-refractivity contribution is 0.103. The number of rotatable bonds is 4. The summed E-state index contributed by atoms with van der Waals surface area (Å²) in [6, 6.07) is 11.5. The minimum Gasteiger partial charge on any atom is -0.321 e. The van der Waals surface area contributed by atoms with Crippen LogP contribution in [0, 0.1) is 13.8 Å². The summed E-state index contributed by atoms with van der Waals surface area (Å²) in [5.74, 6) is 0.655. The Morgan fingerprint density at radius 3 is 2.75 bits per heavy atom. The fourth-order valence-corrected chi connectivity index (χ4v) is 3.56. The molecule has 0 aliphatic carbocycles. The van der Waals surface area contributed by atoms with E-state index in [1.165, 1.54) is 10.4 Å². The number of benzene rings is 1. The molecule has 1 amide bonds. The standard InChI is InChI=1S/C19H19N3OS/c1-4-17-12(2)10-18(24-17)19(23)22-15-7-5-6-14(11-15)16-8-9-20-13(3)21-16/h5-11H,4H2,1-3H3,(H,22,23). The van der Waals surface area contributed by atoms with Gasteiger partial charge in [-0.15, -0.1) is 11.3 Å². The summed E-state index contributed by atoms with van der Waals surface area (Å²) in [4.78, 5) is 23.0. The molecule has 122 valence electrons. The van der Waals surface area contributed by atoms with Crippen LogP contribution in [0.3, 0.4) is 0 Å². The zero-order valence-corrected chi connectivity index (χ0v) is 14.8. The van der Waals surface area contributed by atoms with E-state index in [0.29, 0.717) is 0 Å². The summed E-state index contributed by atoms with van der Waals surface area (Å²) in [6.45, 7) is 6.01. The van der Waals surface area contributed by atoms with Crippen LogP contribution in [0.5, 0.6) is 0 Å². The third-order valence-electron chi connectivity index (χ3n) is 3.76.